The molecular formula is C11H13FN4O4. The predicted molar refractivity (Wildman–Crippen MR) is 67.1 cm³/mol. The van der Waals surface area contributed by atoms with E-state index in [1.54, 1.807) is 0 Å². The van der Waals surface area contributed by atoms with Crippen LogP contribution in [0.3, 0.4) is 0 Å². The molecule has 1 fully saturated rings. The Bertz CT molecular complexity index is 559. The average Bonchev–Trinajstić information content (AvgIpc) is 2.82. The Kier molecular flexibility index (Phi) is 3.68. The van der Waals surface area contributed by atoms with Gasteiger partial charge in [-0.3, -0.25) is 14.8 Å². The number of carbonyl (C=O) groups is 1. The van der Waals surface area contributed by atoms with Gasteiger partial charge in [0.25, 0.3) is 0 Å². The molecule has 2 atom stereocenters. The molecule has 1 aromatic heterocycles. The van der Waals surface area contributed by atoms with E-state index in [-0.39, 0.29) is 30.9 Å². The summed E-state index contributed by atoms with van der Waals surface area (Å²) in [4.78, 5) is 22.0. The van der Waals surface area contributed by atoms with E-state index in [4.69, 9.17) is 5.11 Å². The Morgan fingerprint density at radius 1 is 1.70 bits per heavy atom. The van der Waals surface area contributed by atoms with Crippen LogP contribution in [0.1, 0.15) is 18.2 Å². The van der Waals surface area contributed by atoms with Gasteiger partial charge in [-0.25, -0.2) is 9.18 Å². The van der Waals surface area contributed by atoms with Crippen LogP contribution in [0, 0.1) is 10.1 Å². The van der Waals surface area contributed by atoms with E-state index >= 15 is 0 Å². The normalized spacial score (nSPS) is 22.6. The van der Waals surface area contributed by atoms with E-state index < -0.39 is 23.2 Å². The summed E-state index contributed by atoms with van der Waals surface area (Å²) in [5.74, 6) is 0. The molecule has 1 aromatic rings. The number of aromatic nitrogens is 2. The molecule has 0 bridgehead atoms. The number of amides is 1. The van der Waals surface area contributed by atoms with E-state index in [1.807, 2.05) is 0 Å². The maximum absolute atomic E-state index is 14.1. The van der Waals surface area contributed by atoms with E-state index in [9.17, 15) is 19.3 Å². The third-order valence-electron chi connectivity index (χ3n) is 3.30. The maximum atomic E-state index is 14.1. The van der Waals surface area contributed by atoms with Crippen molar-refractivity contribution in [3.05, 3.63) is 28.6 Å². The lowest BCUT2D eigenvalue weighted by Gasteiger charge is -2.33. The first-order chi connectivity index (χ1) is 9.45. The first-order valence-corrected chi connectivity index (χ1v) is 5.92. The molecule has 9 heteroatoms. The lowest BCUT2D eigenvalue weighted by atomic mass is 10.0. The molecule has 2 unspecified atom stereocenters. The van der Waals surface area contributed by atoms with E-state index in [0.29, 0.717) is 0 Å². The first kappa shape index (κ1) is 14.0. The van der Waals surface area contributed by atoms with Crippen LogP contribution in [0.5, 0.6) is 0 Å². The number of rotatable bonds is 3. The number of hydrogen-bond donors (Lipinski definition) is 1. The van der Waals surface area contributed by atoms with Gasteiger partial charge in [0.1, 0.15) is 18.1 Å². The minimum atomic E-state index is -1.47. The molecule has 2 heterocycles. The van der Waals surface area contributed by atoms with Crippen LogP contribution in [0.2, 0.25) is 0 Å². The molecule has 0 aliphatic carbocycles. The van der Waals surface area contributed by atoms with Gasteiger partial charge in [0.05, 0.1) is 17.5 Å². The fourth-order valence-electron chi connectivity index (χ4n) is 2.31. The van der Waals surface area contributed by atoms with Gasteiger partial charge in [-0.1, -0.05) is 6.58 Å². The fraction of sp³-hybridized carbons (Fsp3) is 0.455. The van der Waals surface area contributed by atoms with Gasteiger partial charge in [-0.15, -0.1) is 0 Å². The van der Waals surface area contributed by atoms with Crippen LogP contribution >= 0.6 is 0 Å². The SMILES string of the molecule is C=Cc1c([N+](=O)[O-])cnn1C1CCN(C(=O)O)CC1F. The summed E-state index contributed by atoms with van der Waals surface area (Å²) in [5, 5.41) is 23.5. The van der Waals surface area contributed by atoms with Crippen LogP contribution in [0.25, 0.3) is 6.08 Å². The van der Waals surface area contributed by atoms with Crippen LogP contribution < -0.4 is 0 Å². The molecule has 20 heavy (non-hydrogen) atoms. The van der Waals surface area contributed by atoms with Gasteiger partial charge in [0.15, 0.2) is 0 Å². The topological polar surface area (TPSA) is 102 Å². The molecule has 108 valence electrons. The Morgan fingerprint density at radius 2 is 2.40 bits per heavy atom. The lowest BCUT2D eigenvalue weighted by Crippen LogP contribution is -2.45. The van der Waals surface area contributed by atoms with Gasteiger partial charge < -0.3 is 10.0 Å². The number of likely N-dealkylation sites (tertiary alicyclic amines) is 1. The van der Waals surface area contributed by atoms with Crippen molar-refractivity contribution >= 4 is 17.9 Å². The standard InChI is InChI=1S/C11H13FN4O4/c1-2-8-10(16(19)20)5-13-15(8)9-3-4-14(11(17)18)6-7(9)12/h2,5,7,9H,1,3-4,6H2,(H,17,18). The summed E-state index contributed by atoms with van der Waals surface area (Å²) in [6.45, 7) is 3.36. The smallest absolute Gasteiger partial charge is 0.407 e. The maximum Gasteiger partial charge on any atom is 0.407 e. The van der Waals surface area contributed by atoms with E-state index in [1.165, 1.54) is 10.8 Å². The van der Waals surface area contributed by atoms with Crippen molar-refractivity contribution in [2.75, 3.05) is 13.1 Å². The van der Waals surface area contributed by atoms with Crippen LogP contribution in [-0.2, 0) is 0 Å². The number of hydrogen-bond acceptors (Lipinski definition) is 4. The summed E-state index contributed by atoms with van der Waals surface area (Å²) in [6.07, 6.45) is -0.151. The largest absolute Gasteiger partial charge is 0.465 e. The summed E-state index contributed by atoms with van der Waals surface area (Å²) in [6, 6.07) is -0.729. The molecular weight excluding hydrogens is 271 g/mol. The van der Waals surface area contributed by atoms with E-state index in [2.05, 4.69) is 11.7 Å². The zero-order chi connectivity index (χ0) is 14.9. The highest BCUT2D eigenvalue weighted by Crippen LogP contribution is 2.30. The van der Waals surface area contributed by atoms with Gasteiger partial charge in [-0.2, -0.15) is 5.10 Å². The Labute approximate surface area is 113 Å². The van der Waals surface area contributed by atoms with Crippen molar-refractivity contribution in [1.29, 1.82) is 0 Å². The number of alkyl halides is 1. The number of piperidine rings is 1. The zero-order valence-electron chi connectivity index (χ0n) is 10.5. The summed E-state index contributed by atoms with van der Waals surface area (Å²) in [7, 11) is 0. The number of nitrogens with zero attached hydrogens (tertiary/aromatic N) is 4. The second kappa shape index (κ2) is 5.27. The molecule has 2 rings (SSSR count). The van der Waals surface area contributed by atoms with Crippen molar-refractivity contribution in [3.8, 4) is 0 Å². The van der Waals surface area contributed by atoms with Gasteiger partial charge >= 0.3 is 11.8 Å². The monoisotopic (exact) mass is 284 g/mol. The second-order valence-corrected chi connectivity index (χ2v) is 4.42. The summed E-state index contributed by atoms with van der Waals surface area (Å²) in [5.41, 5.74) is -0.112. The molecule has 1 aliphatic rings. The van der Waals surface area contributed by atoms with E-state index in [0.717, 1.165) is 11.1 Å². The highest BCUT2D eigenvalue weighted by atomic mass is 19.1. The fourth-order valence-corrected chi connectivity index (χ4v) is 2.31. The quantitative estimate of drug-likeness (QED) is 0.672. The summed E-state index contributed by atoms with van der Waals surface area (Å²) >= 11 is 0. The van der Waals surface area contributed by atoms with Crippen molar-refractivity contribution in [2.45, 2.75) is 18.6 Å². The minimum absolute atomic E-state index is 0.131. The van der Waals surface area contributed by atoms with Gasteiger partial charge in [0, 0.05) is 6.54 Å². The van der Waals surface area contributed by atoms with Crippen molar-refractivity contribution in [2.24, 2.45) is 0 Å². The Balaban J connectivity index is 2.27. The van der Waals surface area contributed by atoms with Crippen LogP contribution in [0.15, 0.2) is 12.8 Å². The lowest BCUT2D eigenvalue weighted by molar-refractivity contribution is -0.385. The predicted octanol–water partition coefficient (Wildman–Crippen LogP) is 1.70. The molecule has 0 radical (unpaired) electrons. The molecule has 0 saturated carbocycles. The minimum Gasteiger partial charge on any atom is -0.465 e. The zero-order valence-corrected chi connectivity index (χ0v) is 10.5. The highest BCUT2D eigenvalue weighted by Gasteiger charge is 2.35. The molecule has 1 aliphatic heterocycles. The molecule has 1 amide bonds. The second-order valence-electron chi connectivity index (χ2n) is 4.42. The van der Waals surface area contributed by atoms with Crippen molar-refractivity contribution in [1.82, 2.24) is 14.7 Å². The molecule has 8 nitrogen and oxygen atoms in total. The van der Waals surface area contributed by atoms with Gasteiger partial charge in [-0.05, 0) is 12.5 Å². The Morgan fingerprint density at radius 3 is 2.90 bits per heavy atom. The molecule has 0 spiro atoms. The molecule has 1 N–H and O–H groups in total. The van der Waals surface area contributed by atoms with Crippen molar-refractivity contribution in [3.63, 3.8) is 0 Å². The van der Waals surface area contributed by atoms with Crippen LogP contribution in [0.4, 0.5) is 14.9 Å². The number of halogens is 1. The highest BCUT2D eigenvalue weighted by molar-refractivity contribution is 5.65. The average molecular weight is 284 g/mol. The van der Waals surface area contributed by atoms with Crippen LogP contribution in [-0.4, -0.2) is 50.1 Å². The molecule has 1 saturated heterocycles. The third-order valence-corrected chi connectivity index (χ3v) is 3.30. The first-order valence-electron chi connectivity index (χ1n) is 5.92. The Hall–Kier alpha value is -2.45. The van der Waals surface area contributed by atoms with Gasteiger partial charge in [0.2, 0.25) is 0 Å². The van der Waals surface area contributed by atoms with Crippen molar-refractivity contribution < 1.29 is 19.2 Å². The molecule has 0 aromatic carbocycles. The summed E-state index contributed by atoms with van der Waals surface area (Å²) < 4.78 is 15.3. The number of nitro groups is 1. The number of carboxylic acid groups (broad SMARTS) is 1. The third kappa shape index (κ3) is 2.33.